The lowest BCUT2D eigenvalue weighted by Gasteiger charge is -2.11. The first kappa shape index (κ1) is 24.5. The summed E-state index contributed by atoms with van der Waals surface area (Å²) >= 11 is 18.6. The van der Waals surface area contributed by atoms with Crippen molar-refractivity contribution < 1.29 is 14.3 Å². The minimum absolute atomic E-state index is 0.0783. The van der Waals surface area contributed by atoms with E-state index in [4.69, 9.17) is 44.3 Å². The molecule has 8 heteroatoms. The van der Waals surface area contributed by atoms with Crippen molar-refractivity contribution in [1.82, 2.24) is 5.32 Å². The number of nitriles is 1. The number of rotatable bonds is 8. The Hall–Kier alpha value is -3.17. The summed E-state index contributed by atoms with van der Waals surface area (Å²) < 4.78 is 10.9. The monoisotopic (exact) mass is 500 g/mol. The van der Waals surface area contributed by atoms with Crippen LogP contribution in [0.4, 0.5) is 0 Å². The topological polar surface area (TPSA) is 71.3 Å². The van der Waals surface area contributed by atoms with E-state index in [0.29, 0.717) is 16.3 Å². The zero-order chi connectivity index (χ0) is 23.8. The Labute approximate surface area is 207 Å². The number of hydrogen-bond acceptors (Lipinski definition) is 4. The second-order valence-electron chi connectivity index (χ2n) is 6.93. The quantitative estimate of drug-likeness (QED) is 0.284. The molecule has 0 aromatic heterocycles. The Morgan fingerprint density at radius 2 is 1.61 bits per heavy atom. The van der Waals surface area contributed by atoms with Gasteiger partial charge in [-0.1, -0.05) is 59.1 Å². The largest absolute Gasteiger partial charge is 0.497 e. The molecular weight excluding hydrogens is 483 g/mol. The van der Waals surface area contributed by atoms with Gasteiger partial charge in [-0.3, -0.25) is 4.79 Å². The van der Waals surface area contributed by atoms with E-state index in [1.807, 2.05) is 30.3 Å². The van der Waals surface area contributed by atoms with E-state index in [0.717, 1.165) is 16.9 Å². The fraction of sp³-hybridized carbons (Fsp3) is 0.120. The molecule has 5 nitrogen and oxygen atoms in total. The maximum Gasteiger partial charge on any atom is 0.262 e. The van der Waals surface area contributed by atoms with Crippen molar-refractivity contribution in [2.45, 2.75) is 13.2 Å². The number of methoxy groups -OCH3 is 1. The maximum atomic E-state index is 12.5. The van der Waals surface area contributed by atoms with E-state index < -0.39 is 5.91 Å². The average molecular weight is 502 g/mol. The van der Waals surface area contributed by atoms with Crippen LogP contribution in [-0.2, 0) is 17.9 Å². The van der Waals surface area contributed by atoms with Gasteiger partial charge in [0.2, 0.25) is 0 Å². The second-order valence-corrected chi connectivity index (χ2v) is 8.18. The molecule has 1 amide bonds. The minimum atomic E-state index is -0.511. The number of benzene rings is 3. The van der Waals surface area contributed by atoms with Crippen LogP contribution in [-0.4, -0.2) is 13.0 Å². The highest BCUT2D eigenvalue weighted by molar-refractivity contribution is 6.37. The molecule has 3 aromatic carbocycles. The molecule has 0 aliphatic carbocycles. The van der Waals surface area contributed by atoms with E-state index in [2.05, 4.69) is 5.32 Å². The summed E-state index contributed by atoms with van der Waals surface area (Å²) in [5.74, 6) is 0.522. The number of amides is 1. The van der Waals surface area contributed by atoms with Crippen LogP contribution in [0.1, 0.15) is 16.7 Å². The van der Waals surface area contributed by atoms with Crippen LogP contribution < -0.4 is 14.8 Å². The zero-order valence-electron chi connectivity index (χ0n) is 17.6. The lowest BCUT2D eigenvalue weighted by Crippen LogP contribution is -2.23. The lowest BCUT2D eigenvalue weighted by atomic mass is 10.1. The van der Waals surface area contributed by atoms with Gasteiger partial charge in [-0.2, -0.15) is 5.26 Å². The summed E-state index contributed by atoms with van der Waals surface area (Å²) in [6.07, 6.45) is 1.42. The third-order valence-electron chi connectivity index (χ3n) is 4.61. The highest BCUT2D eigenvalue weighted by Gasteiger charge is 2.13. The van der Waals surface area contributed by atoms with Gasteiger partial charge in [0.25, 0.3) is 5.91 Å². The fourth-order valence-corrected chi connectivity index (χ4v) is 3.61. The van der Waals surface area contributed by atoms with Crippen LogP contribution in [0.5, 0.6) is 11.5 Å². The molecule has 0 atom stereocenters. The molecule has 33 heavy (non-hydrogen) atoms. The summed E-state index contributed by atoms with van der Waals surface area (Å²) in [6.45, 7) is 0.518. The molecular formula is C25H19Cl3N2O3. The third kappa shape index (κ3) is 6.90. The van der Waals surface area contributed by atoms with Crippen molar-refractivity contribution >= 4 is 46.8 Å². The highest BCUT2D eigenvalue weighted by atomic mass is 35.5. The first-order chi connectivity index (χ1) is 15.9. The Morgan fingerprint density at radius 1 is 1.00 bits per heavy atom. The van der Waals surface area contributed by atoms with Crippen molar-refractivity contribution in [3.8, 4) is 17.6 Å². The van der Waals surface area contributed by atoms with Crippen LogP contribution in [0.2, 0.25) is 15.1 Å². The van der Waals surface area contributed by atoms with Crippen molar-refractivity contribution in [3.05, 3.63) is 98.0 Å². The molecule has 0 spiro atoms. The maximum absolute atomic E-state index is 12.5. The Balaban J connectivity index is 1.68. The number of nitrogens with one attached hydrogen (secondary N) is 1. The Kier molecular flexibility index (Phi) is 8.62. The van der Waals surface area contributed by atoms with Crippen LogP contribution >= 0.6 is 34.8 Å². The normalized spacial score (nSPS) is 10.9. The molecule has 0 fully saturated rings. The first-order valence-electron chi connectivity index (χ1n) is 9.79. The number of carbonyl (C=O) groups is 1. The van der Waals surface area contributed by atoms with Gasteiger partial charge in [0.1, 0.15) is 24.0 Å². The van der Waals surface area contributed by atoms with E-state index >= 15 is 0 Å². The Morgan fingerprint density at radius 3 is 2.18 bits per heavy atom. The average Bonchev–Trinajstić information content (AvgIpc) is 2.82. The van der Waals surface area contributed by atoms with E-state index in [1.165, 1.54) is 6.08 Å². The van der Waals surface area contributed by atoms with Crippen molar-refractivity contribution in [2.75, 3.05) is 7.11 Å². The molecule has 3 rings (SSSR count). The molecule has 1 N–H and O–H groups in total. The molecule has 0 saturated carbocycles. The van der Waals surface area contributed by atoms with Crippen LogP contribution in [0.15, 0.2) is 66.2 Å². The standard InChI is InChI=1S/C25H19Cl3N2O3/c1-32-21-8-4-16(5-9-21)14-30-25(31)19(13-29)10-18-11-22(27)24(23(28)12-18)33-15-17-2-6-20(26)7-3-17/h2-12H,14-15H2,1H3,(H,30,31)/b19-10-. The van der Waals surface area contributed by atoms with Gasteiger partial charge in [-0.05, 0) is 59.2 Å². The SMILES string of the molecule is COc1ccc(CNC(=O)/C(C#N)=C\c2cc(Cl)c(OCc3ccc(Cl)cc3)c(Cl)c2)cc1. The number of nitrogens with zero attached hydrogens (tertiary/aromatic N) is 1. The molecule has 0 bridgehead atoms. The highest BCUT2D eigenvalue weighted by Crippen LogP contribution is 2.35. The first-order valence-corrected chi connectivity index (χ1v) is 10.9. The van der Waals surface area contributed by atoms with Gasteiger partial charge in [0, 0.05) is 11.6 Å². The lowest BCUT2D eigenvalue weighted by molar-refractivity contribution is -0.117. The summed E-state index contributed by atoms with van der Waals surface area (Å²) in [5, 5.41) is 13.3. The molecule has 0 aliphatic heterocycles. The van der Waals surface area contributed by atoms with E-state index in [-0.39, 0.29) is 28.8 Å². The van der Waals surface area contributed by atoms with Crippen molar-refractivity contribution in [3.63, 3.8) is 0 Å². The van der Waals surface area contributed by atoms with Gasteiger partial charge in [-0.25, -0.2) is 0 Å². The van der Waals surface area contributed by atoms with E-state index in [9.17, 15) is 10.1 Å². The molecule has 0 heterocycles. The van der Waals surface area contributed by atoms with Crippen LogP contribution in [0, 0.1) is 11.3 Å². The third-order valence-corrected chi connectivity index (χ3v) is 5.42. The second kappa shape index (κ2) is 11.6. The molecule has 168 valence electrons. The summed E-state index contributed by atoms with van der Waals surface area (Å²) in [6, 6.07) is 19.5. The van der Waals surface area contributed by atoms with Crippen LogP contribution in [0.25, 0.3) is 6.08 Å². The van der Waals surface area contributed by atoms with Crippen molar-refractivity contribution in [1.29, 1.82) is 5.26 Å². The number of carbonyl (C=O) groups excluding carboxylic acids is 1. The van der Waals surface area contributed by atoms with Crippen LogP contribution in [0.3, 0.4) is 0 Å². The van der Waals surface area contributed by atoms with Gasteiger partial charge in [0.05, 0.1) is 17.2 Å². The number of ether oxygens (including phenoxy) is 2. The zero-order valence-corrected chi connectivity index (χ0v) is 19.8. The molecule has 0 unspecified atom stereocenters. The Bertz CT molecular complexity index is 1180. The molecule has 0 radical (unpaired) electrons. The molecule has 0 aliphatic rings. The summed E-state index contributed by atoms with van der Waals surface area (Å²) in [7, 11) is 1.58. The van der Waals surface area contributed by atoms with Crippen molar-refractivity contribution in [2.24, 2.45) is 0 Å². The smallest absolute Gasteiger partial charge is 0.262 e. The van der Waals surface area contributed by atoms with Gasteiger partial charge >= 0.3 is 0 Å². The summed E-state index contributed by atoms with van der Waals surface area (Å²) in [5.41, 5.74) is 2.19. The molecule has 3 aromatic rings. The van der Waals surface area contributed by atoms with Gasteiger partial charge in [0.15, 0.2) is 5.75 Å². The van der Waals surface area contributed by atoms with Gasteiger partial charge in [-0.15, -0.1) is 0 Å². The number of hydrogen-bond donors (Lipinski definition) is 1. The number of halogens is 3. The molecule has 0 saturated heterocycles. The summed E-state index contributed by atoms with van der Waals surface area (Å²) in [4.78, 5) is 12.5. The predicted molar refractivity (Wildman–Crippen MR) is 131 cm³/mol. The van der Waals surface area contributed by atoms with Gasteiger partial charge < -0.3 is 14.8 Å². The van der Waals surface area contributed by atoms with E-state index in [1.54, 1.807) is 43.5 Å². The fourth-order valence-electron chi connectivity index (χ4n) is 2.87. The minimum Gasteiger partial charge on any atom is -0.497 e. The predicted octanol–water partition coefficient (Wildman–Crippen LogP) is 6.46.